The molecule has 25 heavy (non-hydrogen) atoms. The van der Waals surface area contributed by atoms with Crippen LogP contribution in [0.2, 0.25) is 0 Å². The smallest absolute Gasteiger partial charge is 0.317 e. The van der Waals surface area contributed by atoms with Crippen molar-refractivity contribution in [3.8, 4) is 0 Å². The van der Waals surface area contributed by atoms with Crippen molar-refractivity contribution in [1.82, 2.24) is 25.4 Å². The summed E-state index contributed by atoms with van der Waals surface area (Å²) in [7, 11) is 1.79. The molecule has 1 aliphatic heterocycles. The molecule has 1 aliphatic rings. The van der Waals surface area contributed by atoms with Crippen molar-refractivity contribution in [2.75, 3.05) is 39.9 Å². The molecule has 0 spiro atoms. The predicted octanol–water partition coefficient (Wildman–Crippen LogP) is 1.47. The van der Waals surface area contributed by atoms with Gasteiger partial charge >= 0.3 is 6.03 Å². The van der Waals surface area contributed by atoms with Crippen molar-refractivity contribution in [2.45, 2.75) is 25.9 Å². The lowest BCUT2D eigenvalue weighted by Crippen LogP contribution is -2.44. The van der Waals surface area contributed by atoms with Crippen molar-refractivity contribution in [3.05, 3.63) is 23.8 Å². The van der Waals surface area contributed by atoms with Crippen molar-refractivity contribution in [3.63, 3.8) is 0 Å². The molecule has 136 valence electrons. The van der Waals surface area contributed by atoms with Crippen molar-refractivity contribution >= 4 is 17.1 Å². The Morgan fingerprint density at radius 2 is 2.08 bits per heavy atom. The highest BCUT2D eigenvalue weighted by Crippen LogP contribution is 2.13. The summed E-state index contributed by atoms with van der Waals surface area (Å²) < 4.78 is 10.0. The summed E-state index contributed by atoms with van der Waals surface area (Å²) in [5.41, 5.74) is 2.40. The van der Waals surface area contributed by atoms with Gasteiger partial charge in [0.15, 0.2) is 0 Å². The highest BCUT2D eigenvalue weighted by molar-refractivity contribution is 5.75. The Hall–Kier alpha value is -2.19. The Labute approximate surface area is 147 Å². The Morgan fingerprint density at radius 1 is 1.32 bits per heavy atom. The predicted molar refractivity (Wildman–Crippen MR) is 93.1 cm³/mol. The SMILES string of the molecule is CC(CCN1CCOCC1)NC(=O)N(C)Cc1ccc2nonc2c1. The number of rotatable bonds is 6. The quantitative estimate of drug-likeness (QED) is 0.852. The maximum absolute atomic E-state index is 12.4. The molecule has 1 saturated heterocycles. The number of nitrogens with one attached hydrogen (secondary N) is 1. The van der Waals surface area contributed by atoms with Crippen molar-refractivity contribution in [1.29, 1.82) is 0 Å². The third-order valence-electron chi connectivity index (χ3n) is 4.44. The van der Waals surface area contributed by atoms with Crippen LogP contribution in [0.4, 0.5) is 4.79 Å². The molecule has 2 heterocycles. The zero-order chi connectivity index (χ0) is 17.6. The molecule has 1 N–H and O–H groups in total. The number of hydrogen-bond acceptors (Lipinski definition) is 6. The number of carbonyl (C=O) groups is 1. The molecular weight excluding hydrogens is 322 g/mol. The molecule has 0 bridgehead atoms. The number of carbonyl (C=O) groups excluding carboxylic acids is 1. The molecule has 0 aliphatic carbocycles. The van der Waals surface area contributed by atoms with Gasteiger partial charge in [0.1, 0.15) is 11.0 Å². The van der Waals surface area contributed by atoms with Crippen molar-refractivity contribution < 1.29 is 14.2 Å². The molecule has 8 heteroatoms. The van der Waals surface area contributed by atoms with Gasteiger partial charge in [0.25, 0.3) is 0 Å². The molecular formula is C17H25N5O3. The number of benzene rings is 1. The molecule has 1 unspecified atom stereocenters. The molecule has 0 saturated carbocycles. The van der Waals surface area contributed by atoms with E-state index in [2.05, 4.69) is 20.5 Å². The van der Waals surface area contributed by atoms with E-state index in [9.17, 15) is 4.79 Å². The number of hydrogen-bond donors (Lipinski definition) is 1. The van der Waals surface area contributed by atoms with Gasteiger partial charge in [-0.05, 0) is 41.4 Å². The zero-order valence-corrected chi connectivity index (χ0v) is 14.8. The molecule has 3 rings (SSSR count). The molecule has 1 aromatic carbocycles. The summed E-state index contributed by atoms with van der Waals surface area (Å²) in [6.45, 7) is 7.07. The fourth-order valence-electron chi connectivity index (χ4n) is 2.87. The molecule has 1 atom stereocenters. The summed E-state index contributed by atoms with van der Waals surface area (Å²) in [5.74, 6) is 0. The number of morpholine rings is 1. The maximum atomic E-state index is 12.4. The first-order valence-corrected chi connectivity index (χ1v) is 8.65. The van der Waals surface area contributed by atoms with E-state index < -0.39 is 0 Å². The number of urea groups is 1. The van der Waals surface area contributed by atoms with E-state index >= 15 is 0 Å². The minimum atomic E-state index is -0.0761. The molecule has 2 amide bonds. The van der Waals surface area contributed by atoms with Crippen LogP contribution in [0.5, 0.6) is 0 Å². The number of nitrogens with zero attached hydrogens (tertiary/aromatic N) is 4. The van der Waals surface area contributed by atoms with Gasteiger partial charge in [-0.3, -0.25) is 4.90 Å². The fraction of sp³-hybridized carbons (Fsp3) is 0.588. The molecule has 1 aromatic heterocycles. The van der Waals surface area contributed by atoms with Gasteiger partial charge in [0.2, 0.25) is 0 Å². The lowest BCUT2D eigenvalue weighted by atomic mass is 10.2. The number of ether oxygens (including phenoxy) is 1. The summed E-state index contributed by atoms with van der Waals surface area (Å²) in [5, 5.41) is 10.7. The first-order valence-electron chi connectivity index (χ1n) is 8.65. The lowest BCUT2D eigenvalue weighted by Gasteiger charge is -2.28. The van der Waals surface area contributed by atoms with E-state index in [4.69, 9.17) is 9.37 Å². The Balaban J connectivity index is 1.44. The van der Waals surface area contributed by atoms with Gasteiger partial charge in [-0.15, -0.1) is 0 Å². The molecule has 2 aromatic rings. The Kier molecular flexibility index (Phi) is 5.83. The monoisotopic (exact) mass is 347 g/mol. The number of fused-ring (bicyclic) bond motifs is 1. The summed E-state index contributed by atoms with van der Waals surface area (Å²) in [6.07, 6.45) is 0.927. The minimum absolute atomic E-state index is 0.0761. The first kappa shape index (κ1) is 17.6. The number of amides is 2. The van der Waals surface area contributed by atoms with Crippen LogP contribution in [0.1, 0.15) is 18.9 Å². The van der Waals surface area contributed by atoms with Crippen LogP contribution < -0.4 is 5.32 Å². The van der Waals surface area contributed by atoms with Crippen LogP contribution in [0.25, 0.3) is 11.0 Å². The van der Waals surface area contributed by atoms with Crippen LogP contribution in [0.15, 0.2) is 22.8 Å². The molecule has 8 nitrogen and oxygen atoms in total. The highest BCUT2D eigenvalue weighted by Gasteiger charge is 2.15. The Morgan fingerprint density at radius 3 is 2.88 bits per heavy atom. The fourth-order valence-corrected chi connectivity index (χ4v) is 2.87. The van der Waals surface area contributed by atoms with Gasteiger partial charge in [-0.1, -0.05) is 6.07 Å². The second-order valence-corrected chi connectivity index (χ2v) is 6.54. The van der Waals surface area contributed by atoms with Gasteiger partial charge in [0.05, 0.1) is 13.2 Å². The molecule has 1 fully saturated rings. The average Bonchev–Trinajstić information content (AvgIpc) is 3.08. The van der Waals surface area contributed by atoms with E-state index in [0.717, 1.165) is 44.8 Å². The van der Waals surface area contributed by atoms with Crippen LogP contribution in [-0.4, -0.2) is 72.1 Å². The standard InChI is InChI=1S/C17H25N5O3/c1-13(5-6-22-7-9-24-10-8-22)18-17(23)21(2)12-14-3-4-15-16(11-14)20-25-19-15/h3-4,11,13H,5-10,12H2,1-2H3,(H,18,23). The Bertz CT molecular complexity index is 698. The third kappa shape index (κ3) is 4.90. The lowest BCUT2D eigenvalue weighted by molar-refractivity contribution is 0.0364. The average molecular weight is 347 g/mol. The first-order chi connectivity index (χ1) is 12.1. The summed E-state index contributed by atoms with van der Waals surface area (Å²) >= 11 is 0. The van der Waals surface area contributed by atoms with Crippen LogP contribution in [0.3, 0.4) is 0 Å². The van der Waals surface area contributed by atoms with Gasteiger partial charge in [0, 0.05) is 39.3 Å². The van der Waals surface area contributed by atoms with Gasteiger partial charge < -0.3 is 15.0 Å². The number of aromatic nitrogens is 2. The second kappa shape index (κ2) is 8.26. The summed E-state index contributed by atoms with van der Waals surface area (Å²) in [4.78, 5) is 16.4. The van der Waals surface area contributed by atoms with E-state index in [1.165, 1.54) is 0 Å². The normalized spacial score (nSPS) is 16.7. The van der Waals surface area contributed by atoms with Crippen LogP contribution in [0, 0.1) is 0 Å². The van der Waals surface area contributed by atoms with Gasteiger partial charge in [-0.2, -0.15) is 0 Å². The van der Waals surface area contributed by atoms with E-state index in [0.29, 0.717) is 17.6 Å². The van der Waals surface area contributed by atoms with Gasteiger partial charge in [-0.25, -0.2) is 9.42 Å². The minimum Gasteiger partial charge on any atom is -0.379 e. The zero-order valence-electron chi connectivity index (χ0n) is 14.8. The van der Waals surface area contributed by atoms with E-state index in [1.54, 1.807) is 11.9 Å². The topological polar surface area (TPSA) is 83.7 Å². The largest absolute Gasteiger partial charge is 0.379 e. The van der Waals surface area contributed by atoms with E-state index in [1.807, 2.05) is 25.1 Å². The summed E-state index contributed by atoms with van der Waals surface area (Å²) in [6, 6.07) is 5.71. The van der Waals surface area contributed by atoms with Crippen molar-refractivity contribution in [2.24, 2.45) is 0 Å². The highest BCUT2D eigenvalue weighted by atomic mass is 16.6. The maximum Gasteiger partial charge on any atom is 0.317 e. The van der Waals surface area contributed by atoms with Crippen LogP contribution in [-0.2, 0) is 11.3 Å². The third-order valence-corrected chi connectivity index (χ3v) is 4.44. The second-order valence-electron chi connectivity index (χ2n) is 6.54. The van der Waals surface area contributed by atoms with E-state index in [-0.39, 0.29) is 12.1 Å². The van der Waals surface area contributed by atoms with Crippen LogP contribution >= 0.6 is 0 Å². The molecule has 0 radical (unpaired) electrons.